The molecule has 4 atom stereocenters. The van der Waals surface area contributed by atoms with E-state index in [2.05, 4.69) is 0 Å². The fourth-order valence-corrected chi connectivity index (χ4v) is 3.97. The smallest absolute Gasteiger partial charge is 0.124 e. The molecular weight excluding hydrogens is 336 g/mol. The van der Waals surface area contributed by atoms with Gasteiger partial charge in [-0.3, -0.25) is 0 Å². The highest BCUT2D eigenvalue weighted by atomic mass is 16.6. The predicted molar refractivity (Wildman–Crippen MR) is 95.3 cm³/mol. The van der Waals surface area contributed by atoms with Gasteiger partial charge in [-0.05, 0) is 24.3 Å². The molecule has 4 heterocycles. The van der Waals surface area contributed by atoms with Crippen molar-refractivity contribution in [2.45, 2.75) is 56.0 Å². The number of hydrogen-bond acceptors (Lipinski definition) is 7. The molecule has 5 rings (SSSR count). The minimum atomic E-state index is 0.0856. The summed E-state index contributed by atoms with van der Waals surface area (Å²) in [5.74, 6) is 0.372. The Morgan fingerprint density at radius 2 is 1.23 bits per heavy atom. The highest BCUT2D eigenvalue weighted by Gasteiger charge is 2.38. The van der Waals surface area contributed by atoms with E-state index < -0.39 is 0 Å². The van der Waals surface area contributed by atoms with Gasteiger partial charge >= 0.3 is 0 Å². The summed E-state index contributed by atoms with van der Waals surface area (Å²) in [5.41, 5.74) is 16.6. The van der Waals surface area contributed by atoms with Crippen molar-refractivity contribution in [3.63, 3.8) is 0 Å². The molecule has 0 amide bonds. The standard InChI is InChI=1S/C19H26N2O5/c20-17-14(3-12-7-25-12)15(4-13-8-26-13)19(22)16(18(17)21)9(1-10-5-23-10)2-11-6-24-11/h9-13,22H,1-8,20-21H2. The van der Waals surface area contributed by atoms with Crippen LogP contribution in [0.2, 0.25) is 0 Å². The Labute approximate surface area is 152 Å². The number of anilines is 2. The summed E-state index contributed by atoms with van der Waals surface area (Å²) in [5, 5.41) is 11.2. The Bertz CT molecular complexity index is 695. The number of epoxide rings is 4. The molecule has 0 radical (unpaired) electrons. The molecule has 4 aliphatic heterocycles. The van der Waals surface area contributed by atoms with Crippen LogP contribution in [0.25, 0.3) is 0 Å². The summed E-state index contributed by atoms with van der Waals surface area (Å²) in [6, 6.07) is 0. The highest BCUT2D eigenvalue weighted by Crippen LogP contribution is 2.47. The van der Waals surface area contributed by atoms with E-state index in [1.54, 1.807) is 0 Å². The first-order valence-corrected chi connectivity index (χ1v) is 9.48. The summed E-state index contributed by atoms with van der Waals surface area (Å²) in [7, 11) is 0. The molecule has 5 N–H and O–H groups in total. The minimum Gasteiger partial charge on any atom is -0.507 e. The normalized spacial score (nSPS) is 32.3. The molecule has 7 nitrogen and oxygen atoms in total. The minimum absolute atomic E-state index is 0.0856. The third-order valence-corrected chi connectivity index (χ3v) is 5.79. The summed E-state index contributed by atoms with van der Waals surface area (Å²) in [6.45, 7) is 3.02. The molecule has 4 aliphatic rings. The van der Waals surface area contributed by atoms with Crippen LogP contribution in [-0.4, -0.2) is 55.9 Å². The number of aromatic hydroxyl groups is 1. The number of hydrogen-bond donors (Lipinski definition) is 3. The van der Waals surface area contributed by atoms with Crippen LogP contribution < -0.4 is 11.5 Å². The van der Waals surface area contributed by atoms with E-state index in [1.807, 2.05) is 0 Å². The summed E-state index contributed by atoms with van der Waals surface area (Å²) >= 11 is 0. The van der Waals surface area contributed by atoms with Gasteiger partial charge in [0, 0.05) is 24.0 Å². The van der Waals surface area contributed by atoms with Crippen molar-refractivity contribution in [3.8, 4) is 5.75 Å². The number of phenols is 1. The average molecular weight is 362 g/mol. The Morgan fingerprint density at radius 3 is 1.69 bits per heavy atom. The van der Waals surface area contributed by atoms with Crippen molar-refractivity contribution in [3.05, 3.63) is 16.7 Å². The van der Waals surface area contributed by atoms with Gasteiger partial charge in [0.25, 0.3) is 0 Å². The zero-order chi connectivity index (χ0) is 17.8. The van der Waals surface area contributed by atoms with Crippen molar-refractivity contribution in [2.24, 2.45) is 0 Å². The fourth-order valence-electron chi connectivity index (χ4n) is 3.97. The lowest BCUT2D eigenvalue weighted by Gasteiger charge is -2.25. The highest BCUT2D eigenvalue weighted by molar-refractivity contribution is 5.78. The lowest BCUT2D eigenvalue weighted by atomic mass is 9.83. The van der Waals surface area contributed by atoms with Crippen molar-refractivity contribution in [1.82, 2.24) is 0 Å². The monoisotopic (exact) mass is 362 g/mol. The molecule has 142 valence electrons. The molecule has 0 saturated carbocycles. The number of benzene rings is 1. The molecule has 7 heteroatoms. The largest absolute Gasteiger partial charge is 0.507 e. The number of ether oxygens (including phenoxy) is 4. The fraction of sp³-hybridized carbons (Fsp3) is 0.684. The molecule has 4 unspecified atom stereocenters. The lowest BCUT2D eigenvalue weighted by molar-refractivity contribution is 0.340. The molecule has 0 aromatic heterocycles. The second-order valence-corrected chi connectivity index (χ2v) is 7.94. The molecular formula is C19H26N2O5. The van der Waals surface area contributed by atoms with Crippen molar-refractivity contribution >= 4 is 11.4 Å². The van der Waals surface area contributed by atoms with Crippen LogP contribution in [0.5, 0.6) is 5.75 Å². The van der Waals surface area contributed by atoms with Gasteiger partial charge in [0.1, 0.15) is 5.75 Å². The van der Waals surface area contributed by atoms with Crippen LogP contribution in [0.3, 0.4) is 0 Å². The van der Waals surface area contributed by atoms with Gasteiger partial charge in [0.05, 0.1) is 62.2 Å². The summed E-state index contributed by atoms with van der Waals surface area (Å²) in [4.78, 5) is 0. The predicted octanol–water partition coefficient (Wildman–Crippen LogP) is 1.10. The van der Waals surface area contributed by atoms with Gasteiger partial charge in [-0.2, -0.15) is 0 Å². The number of phenolic OH excluding ortho intramolecular Hbond substituents is 1. The van der Waals surface area contributed by atoms with Gasteiger partial charge in [0.15, 0.2) is 0 Å². The third-order valence-electron chi connectivity index (χ3n) is 5.79. The number of nitrogen functional groups attached to an aromatic ring is 2. The zero-order valence-electron chi connectivity index (χ0n) is 14.8. The maximum atomic E-state index is 11.2. The quantitative estimate of drug-likeness (QED) is 0.341. The lowest BCUT2D eigenvalue weighted by Crippen LogP contribution is -2.16. The van der Waals surface area contributed by atoms with Crippen LogP contribution in [0.1, 0.15) is 35.4 Å². The Kier molecular flexibility index (Phi) is 4.01. The third kappa shape index (κ3) is 3.49. The van der Waals surface area contributed by atoms with Crippen LogP contribution in [0.15, 0.2) is 0 Å². The number of rotatable bonds is 9. The Hall–Kier alpha value is -1.54. The van der Waals surface area contributed by atoms with Crippen LogP contribution in [0.4, 0.5) is 11.4 Å². The molecule has 1 aromatic rings. The Balaban J connectivity index is 1.54. The molecule has 0 spiro atoms. The molecule has 0 aliphatic carbocycles. The van der Waals surface area contributed by atoms with E-state index in [1.165, 1.54) is 0 Å². The zero-order valence-corrected chi connectivity index (χ0v) is 14.8. The SMILES string of the molecule is Nc1c(N)c(C(CC2CO2)CC2CO2)c(O)c(CC2CO2)c1CC1CO1. The first kappa shape index (κ1) is 16.6. The van der Waals surface area contributed by atoms with Crippen molar-refractivity contribution < 1.29 is 24.1 Å². The maximum Gasteiger partial charge on any atom is 0.124 e. The average Bonchev–Trinajstić information content (AvgIpc) is 3.44. The Morgan fingerprint density at radius 1 is 0.769 bits per heavy atom. The van der Waals surface area contributed by atoms with Gasteiger partial charge in [-0.15, -0.1) is 0 Å². The van der Waals surface area contributed by atoms with Crippen LogP contribution in [-0.2, 0) is 31.8 Å². The maximum absolute atomic E-state index is 11.2. The molecule has 4 saturated heterocycles. The van der Waals surface area contributed by atoms with Crippen molar-refractivity contribution in [2.75, 3.05) is 37.9 Å². The van der Waals surface area contributed by atoms with Crippen molar-refractivity contribution in [1.29, 1.82) is 0 Å². The molecule has 26 heavy (non-hydrogen) atoms. The molecule has 4 fully saturated rings. The van der Waals surface area contributed by atoms with E-state index in [0.29, 0.717) is 24.2 Å². The van der Waals surface area contributed by atoms with Crippen LogP contribution in [0, 0.1) is 0 Å². The van der Waals surface area contributed by atoms with E-state index in [-0.39, 0.29) is 36.1 Å². The summed E-state index contributed by atoms with van der Waals surface area (Å²) in [6.07, 6.45) is 3.85. The second kappa shape index (κ2) is 6.27. The molecule has 0 bridgehead atoms. The van der Waals surface area contributed by atoms with Crippen LogP contribution >= 0.6 is 0 Å². The van der Waals surface area contributed by atoms with E-state index in [0.717, 1.165) is 56.0 Å². The van der Waals surface area contributed by atoms with E-state index in [9.17, 15) is 5.11 Å². The molecule has 1 aromatic carbocycles. The van der Waals surface area contributed by atoms with Gasteiger partial charge in [-0.25, -0.2) is 0 Å². The summed E-state index contributed by atoms with van der Waals surface area (Å²) < 4.78 is 21.6. The topological polar surface area (TPSA) is 122 Å². The second-order valence-electron chi connectivity index (χ2n) is 7.94. The van der Waals surface area contributed by atoms with E-state index in [4.69, 9.17) is 30.4 Å². The van der Waals surface area contributed by atoms with Gasteiger partial charge < -0.3 is 35.5 Å². The van der Waals surface area contributed by atoms with E-state index >= 15 is 0 Å². The van der Waals surface area contributed by atoms with Gasteiger partial charge in [0.2, 0.25) is 0 Å². The first-order valence-electron chi connectivity index (χ1n) is 9.48. The van der Waals surface area contributed by atoms with Gasteiger partial charge in [-0.1, -0.05) is 0 Å². The first-order chi connectivity index (χ1) is 12.6. The number of nitrogens with two attached hydrogens (primary N) is 2.